The number of benzene rings is 1. The van der Waals surface area contributed by atoms with Crippen LogP contribution < -0.4 is 4.74 Å². The number of hydrogen-bond donors (Lipinski definition) is 0. The average Bonchev–Trinajstić information content (AvgIpc) is 3.10. The van der Waals surface area contributed by atoms with Crippen LogP contribution in [0.3, 0.4) is 0 Å². The van der Waals surface area contributed by atoms with Crippen molar-refractivity contribution < 1.29 is 22.7 Å². The third-order valence-corrected chi connectivity index (χ3v) is 6.82. The lowest BCUT2D eigenvalue weighted by atomic mass is 9.73. The van der Waals surface area contributed by atoms with E-state index in [4.69, 9.17) is 4.74 Å². The van der Waals surface area contributed by atoms with Gasteiger partial charge < -0.3 is 9.64 Å². The van der Waals surface area contributed by atoms with Gasteiger partial charge in [-0.1, -0.05) is 57.6 Å². The van der Waals surface area contributed by atoms with Crippen LogP contribution in [0.4, 0.5) is 13.2 Å². The van der Waals surface area contributed by atoms with E-state index in [1.807, 2.05) is 32.9 Å². The van der Waals surface area contributed by atoms with Crippen molar-refractivity contribution in [1.82, 2.24) is 4.90 Å². The third kappa shape index (κ3) is 7.20. The fourth-order valence-corrected chi connectivity index (χ4v) is 4.85. The van der Waals surface area contributed by atoms with Crippen LogP contribution in [0.15, 0.2) is 64.8 Å². The van der Waals surface area contributed by atoms with Crippen LogP contribution in [-0.4, -0.2) is 43.6 Å². The molecule has 0 aromatic heterocycles. The molecule has 1 aliphatic rings. The van der Waals surface area contributed by atoms with Crippen LogP contribution in [0.1, 0.15) is 70.3 Å². The molecule has 6 heteroatoms. The van der Waals surface area contributed by atoms with Gasteiger partial charge in [0, 0.05) is 17.5 Å². The van der Waals surface area contributed by atoms with E-state index in [2.05, 4.69) is 25.3 Å². The van der Waals surface area contributed by atoms with Gasteiger partial charge in [-0.05, 0) is 73.8 Å². The lowest BCUT2D eigenvalue weighted by Crippen LogP contribution is -2.28. The summed E-state index contributed by atoms with van der Waals surface area (Å²) in [5.74, 6) is 0.695. The first kappa shape index (κ1) is 28.6. The molecule has 192 valence electrons. The predicted molar refractivity (Wildman–Crippen MR) is 137 cm³/mol. The molecule has 0 amide bonds. The first-order valence-electron chi connectivity index (χ1n) is 12.1. The molecule has 0 N–H and O–H groups in total. The Kier molecular flexibility index (Phi) is 9.73. The molecule has 0 heterocycles. The average molecular weight is 490 g/mol. The quantitative estimate of drug-likeness (QED) is 0.283. The van der Waals surface area contributed by atoms with Gasteiger partial charge in [-0.3, -0.25) is 4.79 Å². The lowest BCUT2D eigenvalue weighted by Gasteiger charge is -2.30. The summed E-state index contributed by atoms with van der Waals surface area (Å²) in [6.45, 7) is 18.9. The van der Waals surface area contributed by atoms with E-state index in [0.29, 0.717) is 24.3 Å². The molecule has 0 radical (unpaired) electrons. The summed E-state index contributed by atoms with van der Waals surface area (Å²) >= 11 is 0. The van der Waals surface area contributed by atoms with Crippen LogP contribution in [0.5, 0.6) is 5.75 Å². The van der Waals surface area contributed by atoms with Gasteiger partial charge in [0.05, 0.1) is 6.42 Å². The summed E-state index contributed by atoms with van der Waals surface area (Å²) in [4.78, 5) is 14.2. The van der Waals surface area contributed by atoms with E-state index in [1.165, 1.54) is 6.92 Å². The van der Waals surface area contributed by atoms with Gasteiger partial charge in [-0.2, -0.15) is 13.2 Å². The number of aldehydes is 1. The Hall–Kier alpha value is -2.60. The van der Waals surface area contributed by atoms with Crippen molar-refractivity contribution >= 4 is 6.29 Å². The molecule has 1 aliphatic carbocycles. The molecule has 0 saturated heterocycles. The standard InChI is InChI=1S/C29H38F3NO2/c1-8-25-21(5)26(16-23(25)15-20(4)18-29(30,31)32)28(6,7)27-17-24(12-11-22(27)19-34)35-14-13-33(9-2)10-3/h8,11-12,15,17,19H,1,9-10,13-14,16,18H2,2-7H3/b20-15+. The molecule has 1 aromatic rings. The van der Waals surface area contributed by atoms with E-state index < -0.39 is 18.0 Å². The Bertz CT molecular complexity index is 1020. The molecular formula is C29H38F3NO2. The second-order valence-electron chi connectivity index (χ2n) is 9.57. The number of allylic oxidation sites excluding steroid dienone is 7. The second kappa shape index (κ2) is 11.9. The maximum Gasteiger partial charge on any atom is 0.392 e. The van der Waals surface area contributed by atoms with Crippen molar-refractivity contribution in [1.29, 1.82) is 0 Å². The highest BCUT2D eigenvalue weighted by molar-refractivity contribution is 5.79. The van der Waals surface area contributed by atoms with Crippen LogP contribution in [0, 0.1) is 0 Å². The normalized spacial score (nSPS) is 15.3. The fourth-order valence-electron chi connectivity index (χ4n) is 4.85. The summed E-state index contributed by atoms with van der Waals surface area (Å²) in [6, 6.07) is 5.50. The second-order valence-corrected chi connectivity index (χ2v) is 9.57. The summed E-state index contributed by atoms with van der Waals surface area (Å²) in [5, 5.41) is 0. The highest BCUT2D eigenvalue weighted by Crippen LogP contribution is 2.46. The summed E-state index contributed by atoms with van der Waals surface area (Å²) in [7, 11) is 0. The largest absolute Gasteiger partial charge is 0.492 e. The smallest absolute Gasteiger partial charge is 0.392 e. The maximum atomic E-state index is 12.9. The predicted octanol–water partition coefficient (Wildman–Crippen LogP) is 7.60. The molecule has 2 rings (SSSR count). The minimum absolute atomic E-state index is 0.260. The number of carbonyl (C=O) groups is 1. The first-order valence-corrected chi connectivity index (χ1v) is 12.1. The molecule has 0 unspecified atom stereocenters. The number of likely N-dealkylation sites (N-methyl/N-ethyl adjacent to an activating group) is 1. The van der Waals surface area contributed by atoms with Gasteiger partial charge in [0.1, 0.15) is 18.6 Å². The van der Waals surface area contributed by atoms with E-state index >= 15 is 0 Å². The number of nitrogens with zero attached hydrogens (tertiary/aromatic N) is 1. The highest BCUT2D eigenvalue weighted by Gasteiger charge is 2.34. The maximum absolute atomic E-state index is 12.9. The van der Waals surface area contributed by atoms with E-state index in [1.54, 1.807) is 18.2 Å². The van der Waals surface area contributed by atoms with Crippen molar-refractivity contribution in [2.45, 2.75) is 66.0 Å². The van der Waals surface area contributed by atoms with Gasteiger partial charge in [-0.25, -0.2) is 0 Å². The number of rotatable bonds is 12. The van der Waals surface area contributed by atoms with Gasteiger partial charge in [0.25, 0.3) is 0 Å². The number of carbonyl (C=O) groups excluding carboxylic acids is 1. The third-order valence-electron chi connectivity index (χ3n) is 6.82. The Labute approximate surface area is 208 Å². The molecule has 0 bridgehead atoms. The topological polar surface area (TPSA) is 29.5 Å². The molecular weight excluding hydrogens is 451 g/mol. The number of alkyl halides is 3. The summed E-state index contributed by atoms with van der Waals surface area (Å²) in [6.07, 6.45) is -0.508. The van der Waals surface area contributed by atoms with E-state index in [0.717, 1.165) is 53.8 Å². The minimum atomic E-state index is -4.25. The lowest BCUT2D eigenvalue weighted by molar-refractivity contribution is -0.127. The molecule has 0 atom stereocenters. The molecule has 0 saturated carbocycles. The van der Waals surface area contributed by atoms with E-state index in [-0.39, 0.29) is 5.57 Å². The Morgan fingerprint density at radius 2 is 1.86 bits per heavy atom. The molecule has 0 spiro atoms. The van der Waals surface area contributed by atoms with Gasteiger partial charge in [0.2, 0.25) is 0 Å². The van der Waals surface area contributed by atoms with Crippen LogP contribution in [0.25, 0.3) is 0 Å². The Morgan fingerprint density at radius 3 is 2.40 bits per heavy atom. The number of hydrogen-bond acceptors (Lipinski definition) is 3. The molecule has 3 nitrogen and oxygen atoms in total. The zero-order valence-electron chi connectivity index (χ0n) is 21.8. The van der Waals surface area contributed by atoms with Gasteiger partial charge >= 0.3 is 6.18 Å². The van der Waals surface area contributed by atoms with Crippen molar-refractivity contribution in [3.63, 3.8) is 0 Å². The van der Waals surface area contributed by atoms with Crippen LogP contribution in [0.2, 0.25) is 0 Å². The molecule has 0 fully saturated rings. The van der Waals surface area contributed by atoms with Crippen molar-refractivity contribution in [2.75, 3.05) is 26.2 Å². The molecule has 35 heavy (non-hydrogen) atoms. The Morgan fingerprint density at radius 1 is 1.20 bits per heavy atom. The van der Waals surface area contributed by atoms with Crippen molar-refractivity contribution in [2.24, 2.45) is 0 Å². The van der Waals surface area contributed by atoms with Crippen molar-refractivity contribution in [3.8, 4) is 5.75 Å². The first-order chi connectivity index (χ1) is 16.4. The van der Waals surface area contributed by atoms with Gasteiger partial charge in [0.15, 0.2) is 0 Å². The number of ether oxygens (including phenoxy) is 1. The monoisotopic (exact) mass is 489 g/mol. The number of halogens is 3. The minimum Gasteiger partial charge on any atom is -0.492 e. The highest BCUT2D eigenvalue weighted by atomic mass is 19.4. The van der Waals surface area contributed by atoms with Crippen LogP contribution >= 0.6 is 0 Å². The zero-order chi connectivity index (χ0) is 26.4. The fraction of sp³-hybridized carbons (Fsp3) is 0.483. The summed E-state index contributed by atoms with van der Waals surface area (Å²) < 4.78 is 44.7. The zero-order valence-corrected chi connectivity index (χ0v) is 21.8. The molecule has 0 aliphatic heterocycles. The van der Waals surface area contributed by atoms with Gasteiger partial charge in [-0.15, -0.1) is 0 Å². The SMILES string of the molecule is C=CC1=C(/C=C(\C)CC(F)(F)F)CC(C(C)(C)c2cc(OCCN(CC)CC)ccc2C=O)=C1C. The summed E-state index contributed by atoms with van der Waals surface area (Å²) in [5.41, 5.74) is 4.85. The Balaban J connectivity index is 2.37. The van der Waals surface area contributed by atoms with Crippen LogP contribution in [-0.2, 0) is 5.41 Å². The van der Waals surface area contributed by atoms with Crippen molar-refractivity contribution in [3.05, 3.63) is 75.9 Å². The van der Waals surface area contributed by atoms with E-state index in [9.17, 15) is 18.0 Å². The molecule has 1 aromatic carbocycles.